The van der Waals surface area contributed by atoms with Crippen LogP contribution in [0.2, 0.25) is 10.0 Å². The maximum Gasteiger partial charge on any atom is 0.0616 e. The quantitative estimate of drug-likeness (QED) is 0.843. The molecular formula is C16H23Cl2NO. The molecule has 1 aromatic carbocycles. The van der Waals surface area contributed by atoms with Crippen LogP contribution in [0.25, 0.3) is 0 Å². The van der Waals surface area contributed by atoms with E-state index in [-0.39, 0.29) is 0 Å². The molecule has 2 nitrogen and oxygen atoms in total. The smallest absolute Gasteiger partial charge is 0.0616 e. The number of hydrogen-bond donors (Lipinski definition) is 1. The maximum atomic E-state index is 6.31. The van der Waals surface area contributed by atoms with Crippen LogP contribution in [0.3, 0.4) is 0 Å². The lowest BCUT2D eigenvalue weighted by molar-refractivity contribution is 0.0776. The van der Waals surface area contributed by atoms with Gasteiger partial charge in [0.2, 0.25) is 0 Å². The number of rotatable bonds is 6. The van der Waals surface area contributed by atoms with Gasteiger partial charge in [0.15, 0.2) is 0 Å². The van der Waals surface area contributed by atoms with Crippen molar-refractivity contribution >= 4 is 23.2 Å². The SMILES string of the molecule is CCNC(Cc1ccc(Cl)cc1Cl)C1CCOC1CC. The summed E-state index contributed by atoms with van der Waals surface area (Å²) in [7, 11) is 0. The predicted octanol–water partition coefficient (Wildman–Crippen LogP) is 4.33. The van der Waals surface area contributed by atoms with Gasteiger partial charge in [-0.05, 0) is 43.5 Å². The van der Waals surface area contributed by atoms with Crippen LogP contribution >= 0.6 is 23.2 Å². The van der Waals surface area contributed by atoms with Crippen LogP contribution in [0.4, 0.5) is 0 Å². The van der Waals surface area contributed by atoms with Crippen LogP contribution in [-0.4, -0.2) is 25.3 Å². The fourth-order valence-electron chi connectivity index (χ4n) is 3.11. The molecule has 0 saturated carbocycles. The molecule has 1 saturated heterocycles. The van der Waals surface area contributed by atoms with Gasteiger partial charge in [0.05, 0.1) is 6.10 Å². The number of hydrogen-bond acceptors (Lipinski definition) is 2. The van der Waals surface area contributed by atoms with Crippen LogP contribution in [0.15, 0.2) is 18.2 Å². The van der Waals surface area contributed by atoms with Gasteiger partial charge >= 0.3 is 0 Å². The molecule has 1 aliphatic rings. The largest absolute Gasteiger partial charge is 0.378 e. The lowest BCUT2D eigenvalue weighted by Crippen LogP contribution is -2.41. The zero-order chi connectivity index (χ0) is 14.5. The zero-order valence-electron chi connectivity index (χ0n) is 12.2. The van der Waals surface area contributed by atoms with Crippen molar-refractivity contribution in [2.24, 2.45) is 5.92 Å². The molecule has 0 aliphatic carbocycles. The Hall–Kier alpha value is -0.280. The summed E-state index contributed by atoms with van der Waals surface area (Å²) < 4.78 is 5.83. The minimum atomic E-state index is 0.366. The average Bonchev–Trinajstić information content (AvgIpc) is 2.89. The van der Waals surface area contributed by atoms with E-state index in [0.717, 1.165) is 43.0 Å². The molecule has 112 valence electrons. The number of benzene rings is 1. The highest BCUT2D eigenvalue weighted by atomic mass is 35.5. The molecule has 4 heteroatoms. The summed E-state index contributed by atoms with van der Waals surface area (Å²) in [5.41, 5.74) is 1.16. The van der Waals surface area contributed by atoms with E-state index < -0.39 is 0 Å². The minimum Gasteiger partial charge on any atom is -0.378 e. The Morgan fingerprint density at radius 2 is 2.15 bits per heavy atom. The molecule has 3 atom stereocenters. The normalized spacial score (nSPS) is 24.0. The van der Waals surface area contributed by atoms with Crippen LogP contribution in [0.1, 0.15) is 32.3 Å². The molecule has 0 bridgehead atoms. The van der Waals surface area contributed by atoms with E-state index in [4.69, 9.17) is 27.9 Å². The number of likely N-dealkylation sites (N-methyl/N-ethyl adjacent to an activating group) is 1. The van der Waals surface area contributed by atoms with Gasteiger partial charge in [0.1, 0.15) is 0 Å². The summed E-state index contributed by atoms with van der Waals surface area (Å²) in [5, 5.41) is 5.05. The molecular weight excluding hydrogens is 293 g/mol. The second kappa shape index (κ2) is 7.65. The Labute approximate surface area is 131 Å². The summed E-state index contributed by atoms with van der Waals surface area (Å²) in [6.07, 6.45) is 3.49. The molecule has 0 spiro atoms. The molecule has 1 heterocycles. The van der Waals surface area contributed by atoms with Crippen LogP contribution in [-0.2, 0) is 11.2 Å². The Morgan fingerprint density at radius 3 is 2.80 bits per heavy atom. The van der Waals surface area contributed by atoms with Gasteiger partial charge in [0.25, 0.3) is 0 Å². The van der Waals surface area contributed by atoms with Crippen molar-refractivity contribution in [1.29, 1.82) is 0 Å². The first-order valence-electron chi connectivity index (χ1n) is 7.44. The molecule has 1 aromatic rings. The molecule has 20 heavy (non-hydrogen) atoms. The van der Waals surface area contributed by atoms with Crippen molar-refractivity contribution in [3.05, 3.63) is 33.8 Å². The van der Waals surface area contributed by atoms with E-state index in [9.17, 15) is 0 Å². The third kappa shape index (κ3) is 3.88. The monoisotopic (exact) mass is 315 g/mol. The second-order valence-electron chi connectivity index (χ2n) is 5.37. The van der Waals surface area contributed by atoms with Crippen LogP contribution in [0.5, 0.6) is 0 Å². The van der Waals surface area contributed by atoms with Crippen molar-refractivity contribution < 1.29 is 4.74 Å². The van der Waals surface area contributed by atoms with E-state index in [1.165, 1.54) is 0 Å². The van der Waals surface area contributed by atoms with E-state index >= 15 is 0 Å². The summed E-state index contributed by atoms with van der Waals surface area (Å²) in [6.45, 7) is 6.18. The Kier molecular flexibility index (Phi) is 6.16. The molecule has 0 aromatic heterocycles. The summed E-state index contributed by atoms with van der Waals surface area (Å²) in [6, 6.07) is 6.18. The Balaban J connectivity index is 2.12. The average molecular weight is 316 g/mol. The third-order valence-corrected chi connectivity index (χ3v) is 4.69. The number of ether oxygens (including phenoxy) is 1. The molecule has 1 aliphatic heterocycles. The van der Waals surface area contributed by atoms with Gasteiger partial charge in [-0.15, -0.1) is 0 Å². The standard InChI is InChI=1S/C16H23Cl2NO/c1-3-16-13(7-8-20-16)15(19-4-2)9-11-5-6-12(17)10-14(11)18/h5-6,10,13,15-16,19H,3-4,7-9H2,1-2H3. The van der Waals surface area contributed by atoms with E-state index in [1.54, 1.807) is 0 Å². The molecule has 0 radical (unpaired) electrons. The third-order valence-electron chi connectivity index (χ3n) is 4.10. The highest BCUT2D eigenvalue weighted by Gasteiger charge is 2.33. The van der Waals surface area contributed by atoms with Gasteiger partial charge in [-0.25, -0.2) is 0 Å². The van der Waals surface area contributed by atoms with Crippen molar-refractivity contribution in [2.75, 3.05) is 13.2 Å². The molecule has 3 unspecified atom stereocenters. The Bertz CT molecular complexity index is 438. The molecule has 2 rings (SSSR count). The molecule has 0 amide bonds. The minimum absolute atomic E-state index is 0.366. The van der Waals surface area contributed by atoms with Crippen molar-refractivity contribution in [3.63, 3.8) is 0 Å². The van der Waals surface area contributed by atoms with E-state index in [2.05, 4.69) is 19.2 Å². The number of halogens is 2. The van der Waals surface area contributed by atoms with Crippen molar-refractivity contribution in [3.8, 4) is 0 Å². The first kappa shape index (κ1) is 16.1. The van der Waals surface area contributed by atoms with Gasteiger partial charge in [0, 0.05) is 28.6 Å². The van der Waals surface area contributed by atoms with Crippen LogP contribution in [0, 0.1) is 5.92 Å². The van der Waals surface area contributed by atoms with Gasteiger partial charge < -0.3 is 10.1 Å². The molecule has 1 fully saturated rings. The van der Waals surface area contributed by atoms with E-state index in [1.807, 2.05) is 18.2 Å². The lowest BCUT2D eigenvalue weighted by Gasteiger charge is -2.28. The summed E-state index contributed by atoms with van der Waals surface area (Å²) in [4.78, 5) is 0. The lowest BCUT2D eigenvalue weighted by atomic mass is 9.87. The van der Waals surface area contributed by atoms with Gasteiger partial charge in [-0.3, -0.25) is 0 Å². The van der Waals surface area contributed by atoms with Crippen molar-refractivity contribution in [2.45, 2.75) is 45.3 Å². The highest BCUT2D eigenvalue weighted by molar-refractivity contribution is 6.35. The van der Waals surface area contributed by atoms with Crippen molar-refractivity contribution in [1.82, 2.24) is 5.32 Å². The maximum absolute atomic E-state index is 6.31. The first-order valence-corrected chi connectivity index (χ1v) is 8.20. The fourth-order valence-corrected chi connectivity index (χ4v) is 3.59. The first-order chi connectivity index (χ1) is 9.65. The molecule has 1 N–H and O–H groups in total. The van der Waals surface area contributed by atoms with E-state index in [0.29, 0.717) is 23.1 Å². The topological polar surface area (TPSA) is 21.3 Å². The fraction of sp³-hybridized carbons (Fsp3) is 0.625. The van der Waals surface area contributed by atoms with Crippen LogP contribution < -0.4 is 5.32 Å². The van der Waals surface area contributed by atoms with Gasteiger partial charge in [-0.2, -0.15) is 0 Å². The Morgan fingerprint density at radius 1 is 1.35 bits per heavy atom. The number of nitrogens with one attached hydrogen (secondary N) is 1. The second-order valence-corrected chi connectivity index (χ2v) is 6.22. The zero-order valence-corrected chi connectivity index (χ0v) is 13.7. The van der Waals surface area contributed by atoms with Gasteiger partial charge in [-0.1, -0.05) is 43.1 Å². The predicted molar refractivity (Wildman–Crippen MR) is 85.8 cm³/mol. The summed E-state index contributed by atoms with van der Waals surface area (Å²) >= 11 is 12.3. The summed E-state index contributed by atoms with van der Waals surface area (Å²) in [5.74, 6) is 0.562. The highest BCUT2D eigenvalue weighted by Crippen LogP contribution is 2.30.